The van der Waals surface area contributed by atoms with Crippen LogP contribution in [0.1, 0.15) is 12.8 Å². The Labute approximate surface area is 115 Å². The molecule has 1 aromatic rings. The van der Waals surface area contributed by atoms with Crippen molar-refractivity contribution in [3.05, 3.63) is 34.1 Å². The molecule has 1 saturated heterocycles. The number of fused-ring (bicyclic) bond motifs is 1. The van der Waals surface area contributed by atoms with E-state index in [0.717, 1.165) is 31.0 Å². The van der Waals surface area contributed by atoms with Gasteiger partial charge in [0.1, 0.15) is 11.5 Å². The molecule has 6 nitrogen and oxygen atoms in total. The van der Waals surface area contributed by atoms with Crippen LogP contribution in [-0.2, 0) is 4.74 Å². The van der Waals surface area contributed by atoms with Crippen LogP contribution in [0.15, 0.2) is 18.2 Å². The van der Waals surface area contributed by atoms with Gasteiger partial charge in [0.15, 0.2) is 0 Å². The molecule has 1 saturated carbocycles. The molecule has 0 bridgehead atoms. The van der Waals surface area contributed by atoms with Gasteiger partial charge >= 0.3 is 0 Å². The number of nitro benzene ring substituents is 1. The fourth-order valence-corrected chi connectivity index (χ4v) is 3.09. The first-order chi connectivity index (χ1) is 9.58. The van der Waals surface area contributed by atoms with E-state index < -0.39 is 10.7 Å². The quantitative estimate of drug-likeness (QED) is 0.649. The summed E-state index contributed by atoms with van der Waals surface area (Å²) in [5, 5.41) is 14.0. The van der Waals surface area contributed by atoms with Gasteiger partial charge in [-0.2, -0.15) is 0 Å². The summed E-state index contributed by atoms with van der Waals surface area (Å²) < 4.78 is 18.9. The van der Waals surface area contributed by atoms with Gasteiger partial charge in [-0.25, -0.2) is 4.39 Å². The van der Waals surface area contributed by atoms with Crippen molar-refractivity contribution in [3.8, 4) is 0 Å². The van der Waals surface area contributed by atoms with Crippen molar-refractivity contribution in [2.75, 3.05) is 11.9 Å². The lowest BCUT2D eigenvalue weighted by atomic mass is 9.68. The highest BCUT2D eigenvalue weighted by Crippen LogP contribution is 2.39. The molecule has 3 rings (SSSR count). The molecule has 4 atom stereocenters. The number of halogens is 1. The molecule has 2 fully saturated rings. The third kappa shape index (κ3) is 2.12. The molecule has 1 aliphatic carbocycles. The van der Waals surface area contributed by atoms with Crippen molar-refractivity contribution in [2.45, 2.75) is 31.0 Å². The minimum absolute atomic E-state index is 0.0402. The number of hydrogen-bond acceptors (Lipinski definition) is 5. The highest BCUT2D eigenvalue weighted by Gasteiger charge is 2.50. The Morgan fingerprint density at radius 3 is 3.05 bits per heavy atom. The van der Waals surface area contributed by atoms with Crippen LogP contribution in [0.5, 0.6) is 0 Å². The van der Waals surface area contributed by atoms with Gasteiger partial charge in [0.05, 0.1) is 17.1 Å². The zero-order chi connectivity index (χ0) is 14.3. The van der Waals surface area contributed by atoms with Gasteiger partial charge in [0.2, 0.25) is 0 Å². The van der Waals surface area contributed by atoms with E-state index in [9.17, 15) is 14.5 Å². The van der Waals surface area contributed by atoms with Crippen LogP contribution in [-0.4, -0.2) is 29.7 Å². The van der Waals surface area contributed by atoms with Crippen molar-refractivity contribution < 1.29 is 14.1 Å². The minimum Gasteiger partial charge on any atom is -0.376 e. The van der Waals surface area contributed by atoms with Crippen LogP contribution >= 0.6 is 0 Å². The minimum atomic E-state index is -0.537. The van der Waals surface area contributed by atoms with Crippen LogP contribution in [0.2, 0.25) is 0 Å². The van der Waals surface area contributed by atoms with Gasteiger partial charge in [-0.1, -0.05) is 0 Å². The molecule has 0 radical (unpaired) electrons. The number of nitrogens with one attached hydrogen (secondary N) is 1. The number of anilines is 1. The van der Waals surface area contributed by atoms with Crippen LogP contribution < -0.4 is 11.1 Å². The van der Waals surface area contributed by atoms with E-state index in [4.69, 9.17) is 10.5 Å². The van der Waals surface area contributed by atoms with Gasteiger partial charge < -0.3 is 15.8 Å². The fraction of sp³-hybridized carbons (Fsp3) is 0.538. The van der Waals surface area contributed by atoms with Crippen LogP contribution in [0, 0.1) is 21.8 Å². The number of nitro groups is 1. The van der Waals surface area contributed by atoms with Crippen molar-refractivity contribution in [1.82, 2.24) is 0 Å². The van der Waals surface area contributed by atoms with E-state index in [-0.39, 0.29) is 35.5 Å². The highest BCUT2D eigenvalue weighted by molar-refractivity contribution is 5.62. The topological polar surface area (TPSA) is 90.4 Å². The lowest BCUT2D eigenvalue weighted by molar-refractivity contribution is -0.384. The fourth-order valence-electron chi connectivity index (χ4n) is 3.09. The second-order valence-electron chi connectivity index (χ2n) is 5.31. The third-order valence-electron chi connectivity index (χ3n) is 4.15. The monoisotopic (exact) mass is 281 g/mol. The molecule has 1 aromatic carbocycles. The van der Waals surface area contributed by atoms with E-state index >= 15 is 0 Å². The second-order valence-corrected chi connectivity index (χ2v) is 5.31. The number of nitrogens with two attached hydrogens (primary N) is 1. The van der Waals surface area contributed by atoms with E-state index in [0.29, 0.717) is 6.61 Å². The molecule has 0 spiro atoms. The number of rotatable bonds is 3. The average molecular weight is 281 g/mol. The van der Waals surface area contributed by atoms with Crippen molar-refractivity contribution >= 4 is 11.4 Å². The first-order valence-corrected chi connectivity index (χ1v) is 6.65. The molecule has 20 heavy (non-hydrogen) atoms. The van der Waals surface area contributed by atoms with Gasteiger partial charge in [-0.15, -0.1) is 0 Å². The number of benzene rings is 1. The molecule has 7 heteroatoms. The molecular formula is C13H16FN3O3. The molecule has 2 aliphatic rings. The van der Waals surface area contributed by atoms with E-state index in [1.807, 2.05) is 0 Å². The maximum absolute atomic E-state index is 13.3. The normalized spacial score (nSPS) is 32.1. The predicted octanol–water partition coefficient (Wildman–Crippen LogP) is 1.65. The first-order valence-electron chi connectivity index (χ1n) is 6.65. The Morgan fingerprint density at radius 2 is 2.30 bits per heavy atom. The predicted molar refractivity (Wildman–Crippen MR) is 70.9 cm³/mol. The largest absolute Gasteiger partial charge is 0.376 e. The number of hydrogen-bond donors (Lipinski definition) is 2. The summed E-state index contributed by atoms with van der Waals surface area (Å²) >= 11 is 0. The van der Waals surface area contributed by atoms with Crippen LogP contribution in [0.3, 0.4) is 0 Å². The lowest BCUT2D eigenvalue weighted by Gasteiger charge is -2.52. The summed E-state index contributed by atoms with van der Waals surface area (Å²) in [5.41, 5.74) is 6.08. The molecule has 1 heterocycles. The van der Waals surface area contributed by atoms with Crippen molar-refractivity contribution in [1.29, 1.82) is 0 Å². The Hall–Kier alpha value is -1.73. The summed E-state index contributed by atoms with van der Waals surface area (Å²) in [6.45, 7) is 0.678. The Bertz CT molecular complexity index is 540. The second kappa shape index (κ2) is 4.99. The van der Waals surface area contributed by atoms with Crippen molar-refractivity contribution in [2.24, 2.45) is 11.7 Å². The molecule has 0 aromatic heterocycles. The molecule has 0 amide bonds. The zero-order valence-corrected chi connectivity index (χ0v) is 10.8. The smallest absolute Gasteiger partial charge is 0.292 e. The summed E-state index contributed by atoms with van der Waals surface area (Å²) in [6.07, 6.45) is 1.96. The van der Waals surface area contributed by atoms with Gasteiger partial charge in [0.25, 0.3) is 5.69 Å². The van der Waals surface area contributed by atoms with Crippen LogP contribution in [0.4, 0.5) is 15.8 Å². The maximum atomic E-state index is 13.3. The van der Waals surface area contributed by atoms with Gasteiger partial charge in [-0.05, 0) is 18.9 Å². The van der Waals surface area contributed by atoms with E-state index in [2.05, 4.69) is 5.32 Å². The molecule has 4 unspecified atom stereocenters. The Kier molecular flexibility index (Phi) is 3.31. The molecular weight excluding hydrogens is 265 g/mol. The highest BCUT2D eigenvalue weighted by atomic mass is 19.1. The average Bonchev–Trinajstić information content (AvgIpc) is 2.44. The summed E-state index contributed by atoms with van der Waals surface area (Å²) in [4.78, 5) is 10.4. The molecule has 1 aliphatic heterocycles. The SMILES string of the molecule is NC1C2CCCOC2C1Nc1cc(F)ccc1[N+](=O)[O-]. The first kappa shape index (κ1) is 13.3. The summed E-state index contributed by atoms with van der Waals surface area (Å²) in [7, 11) is 0. The Balaban J connectivity index is 1.81. The molecule has 3 N–H and O–H groups in total. The Morgan fingerprint density at radius 1 is 1.50 bits per heavy atom. The standard InChI is InChI=1S/C13H16FN3O3/c14-7-3-4-10(17(18)19)9(6-7)16-12-11(15)8-2-1-5-20-13(8)12/h3-4,6,8,11-13,16H,1-2,5,15H2. The lowest BCUT2D eigenvalue weighted by Crippen LogP contribution is -2.69. The number of nitrogens with zero attached hydrogens (tertiary/aromatic N) is 1. The molecule has 108 valence electrons. The van der Waals surface area contributed by atoms with E-state index in [1.54, 1.807) is 0 Å². The third-order valence-corrected chi connectivity index (χ3v) is 4.15. The summed E-state index contributed by atoms with van der Waals surface area (Å²) in [5.74, 6) is -0.235. The summed E-state index contributed by atoms with van der Waals surface area (Å²) in [6, 6.07) is 3.02. The van der Waals surface area contributed by atoms with E-state index in [1.165, 1.54) is 0 Å². The van der Waals surface area contributed by atoms with Gasteiger partial charge in [0, 0.05) is 30.7 Å². The maximum Gasteiger partial charge on any atom is 0.292 e. The van der Waals surface area contributed by atoms with Crippen molar-refractivity contribution in [3.63, 3.8) is 0 Å². The van der Waals surface area contributed by atoms with Gasteiger partial charge in [-0.3, -0.25) is 10.1 Å². The zero-order valence-electron chi connectivity index (χ0n) is 10.8. The number of ether oxygens (including phenoxy) is 1. The van der Waals surface area contributed by atoms with Crippen LogP contribution in [0.25, 0.3) is 0 Å².